The number of nitrogens with zero attached hydrogens (tertiary/aromatic N) is 2. The first-order chi connectivity index (χ1) is 8.76. The maximum atomic E-state index is 5.64. The summed E-state index contributed by atoms with van der Waals surface area (Å²) in [6.45, 7) is 5.13. The van der Waals surface area contributed by atoms with Gasteiger partial charge in [0.05, 0.1) is 25.0 Å². The minimum absolute atomic E-state index is 0.608. The van der Waals surface area contributed by atoms with Crippen molar-refractivity contribution in [2.75, 3.05) is 13.2 Å². The third kappa shape index (κ3) is 2.47. The molecule has 0 atom stereocenters. The van der Waals surface area contributed by atoms with Crippen LogP contribution in [0.1, 0.15) is 13.8 Å². The Morgan fingerprint density at radius 1 is 1.17 bits per heavy atom. The summed E-state index contributed by atoms with van der Waals surface area (Å²) >= 11 is 0. The van der Waals surface area contributed by atoms with Gasteiger partial charge in [-0.15, -0.1) is 0 Å². The molecule has 0 spiro atoms. The van der Waals surface area contributed by atoms with Crippen LogP contribution in [0.3, 0.4) is 0 Å². The maximum Gasteiger partial charge on any atom is 0.131 e. The molecule has 0 unspecified atom stereocenters. The van der Waals surface area contributed by atoms with Gasteiger partial charge in [0.2, 0.25) is 0 Å². The third-order valence-electron chi connectivity index (χ3n) is 2.51. The Bertz CT molecular complexity index is 496. The fraction of sp³-hybridized carbons (Fsp3) is 0.357. The number of rotatable bonds is 5. The van der Waals surface area contributed by atoms with Crippen LogP contribution in [0.2, 0.25) is 0 Å². The monoisotopic (exact) mass is 245 g/mol. The smallest absolute Gasteiger partial charge is 0.131 e. The van der Waals surface area contributed by atoms with Gasteiger partial charge >= 0.3 is 0 Å². The topological polar surface area (TPSA) is 36.3 Å². The van der Waals surface area contributed by atoms with E-state index in [1.54, 1.807) is 10.9 Å². The van der Waals surface area contributed by atoms with Crippen LogP contribution in [0.25, 0.3) is 11.1 Å². The van der Waals surface area contributed by atoms with Crippen molar-refractivity contribution in [3.8, 4) is 22.6 Å². The van der Waals surface area contributed by atoms with Crippen molar-refractivity contribution >= 4 is 0 Å². The Balaban J connectivity index is 2.52. The lowest BCUT2D eigenvalue weighted by Crippen LogP contribution is -1.98. The summed E-state index contributed by atoms with van der Waals surface area (Å²) in [5.74, 6) is 1.55. The highest BCUT2D eigenvalue weighted by Gasteiger charge is 2.14. The highest BCUT2D eigenvalue weighted by atomic mass is 16.5. The van der Waals surface area contributed by atoms with Crippen LogP contribution in [0, 0.1) is 6.07 Å². The van der Waals surface area contributed by atoms with Gasteiger partial charge in [-0.05, 0) is 32.0 Å². The fourth-order valence-electron chi connectivity index (χ4n) is 1.83. The van der Waals surface area contributed by atoms with E-state index >= 15 is 0 Å². The molecule has 0 aliphatic rings. The molecule has 0 fully saturated rings. The molecule has 4 heteroatoms. The molecule has 4 nitrogen and oxygen atoms in total. The second-order valence-electron chi connectivity index (χ2n) is 3.83. The van der Waals surface area contributed by atoms with Crippen molar-refractivity contribution in [3.63, 3.8) is 0 Å². The zero-order valence-corrected chi connectivity index (χ0v) is 10.9. The molecule has 0 saturated carbocycles. The molecule has 18 heavy (non-hydrogen) atoms. The molecule has 0 amide bonds. The number of ether oxygens (including phenoxy) is 2. The van der Waals surface area contributed by atoms with E-state index in [0.717, 1.165) is 22.6 Å². The molecule has 2 aromatic rings. The lowest BCUT2D eigenvalue weighted by Gasteiger charge is -2.13. The van der Waals surface area contributed by atoms with Gasteiger partial charge in [0.25, 0.3) is 0 Å². The average Bonchev–Trinajstić information content (AvgIpc) is 2.77. The fourth-order valence-corrected chi connectivity index (χ4v) is 1.83. The molecular formula is C14H17N2O2. The molecule has 1 radical (unpaired) electrons. The predicted molar refractivity (Wildman–Crippen MR) is 69.8 cm³/mol. The van der Waals surface area contributed by atoms with Crippen LogP contribution in [0.15, 0.2) is 24.5 Å². The first kappa shape index (κ1) is 12.5. The zero-order chi connectivity index (χ0) is 13.0. The van der Waals surface area contributed by atoms with Gasteiger partial charge in [0.1, 0.15) is 11.5 Å². The SMILES string of the molecule is CCOc1c[c]cc(OCC)c1-c1cnn(C)c1. The van der Waals surface area contributed by atoms with Crippen molar-refractivity contribution in [2.24, 2.45) is 7.05 Å². The quantitative estimate of drug-likeness (QED) is 0.812. The van der Waals surface area contributed by atoms with E-state index in [9.17, 15) is 0 Å². The van der Waals surface area contributed by atoms with Crippen molar-refractivity contribution in [2.45, 2.75) is 13.8 Å². The zero-order valence-electron chi connectivity index (χ0n) is 10.9. The Hall–Kier alpha value is -1.97. The number of aromatic nitrogens is 2. The van der Waals surface area contributed by atoms with E-state index in [4.69, 9.17) is 9.47 Å². The summed E-state index contributed by atoms with van der Waals surface area (Å²) < 4.78 is 13.0. The molecule has 0 saturated heterocycles. The highest BCUT2D eigenvalue weighted by Crippen LogP contribution is 2.38. The van der Waals surface area contributed by atoms with Crippen molar-refractivity contribution < 1.29 is 9.47 Å². The Kier molecular flexibility index (Phi) is 3.87. The first-order valence-electron chi connectivity index (χ1n) is 6.05. The van der Waals surface area contributed by atoms with Gasteiger partial charge in [-0.1, -0.05) is 0 Å². The third-order valence-corrected chi connectivity index (χ3v) is 2.51. The van der Waals surface area contributed by atoms with Crippen molar-refractivity contribution in [1.29, 1.82) is 0 Å². The lowest BCUT2D eigenvalue weighted by molar-refractivity contribution is 0.325. The van der Waals surface area contributed by atoms with E-state index in [-0.39, 0.29) is 0 Å². The van der Waals surface area contributed by atoms with Crippen LogP contribution >= 0.6 is 0 Å². The summed E-state index contributed by atoms with van der Waals surface area (Å²) in [6, 6.07) is 6.69. The van der Waals surface area contributed by atoms with Crippen LogP contribution in [0.5, 0.6) is 11.5 Å². The minimum atomic E-state index is 0.608. The van der Waals surface area contributed by atoms with E-state index < -0.39 is 0 Å². The summed E-state index contributed by atoms with van der Waals surface area (Å²) in [5, 5.41) is 4.19. The molecule has 0 aliphatic carbocycles. The summed E-state index contributed by atoms with van der Waals surface area (Å²) in [4.78, 5) is 0. The lowest BCUT2D eigenvalue weighted by atomic mass is 10.1. The Labute approximate surface area is 107 Å². The summed E-state index contributed by atoms with van der Waals surface area (Å²) in [7, 11) is 1.89. The maximum absolute atomic E-state index is 5.64. The number of hydrogen-bond acceptors (Lipinski definition) is 3. The first-order valence-corrected chi connectivity index (χ1v) is 6.05. The van der Waals surface area contributed by atoms with E-state index in [0.29, 0.717) is 13.2 Å². The van der Waals surface area contributed by atoms with Gasteiger partial charge in [-0.25, -0.2) is 0 Å². The van der Waals surface area contributed by atoms with Crippen LogP contribution < -0.4 is 9.47 Å². The van der Waals surface area contributed by atoms with Crippen LogP contribution in [-0.4, -0.2) is 23.0 Å². The Morgan fingerprint density at radius 2 is 1.78 bits per heavy atom. The normalized spacial score (nSPS) is 10.4. The minimum Gasteiger partial charge on any atom is -0.493 e. The van der Waals surface area contributed by atoms with Gasteiger partial charge in [-0.3, -0.25) is 4.68 Å². The molecule has 95 valence electrons. The van der Waals surface area contributed by atoms with Gasteiger partial charge in [-0.2, -0.15) is 5.10 Å². The van der Waals surface area contributed by atoms with Crippen LogP contribution in [0.4, 0.5) is 0 Å². The number of benzene rings is 1. The molecular weight excluding hydrogens is 228 g/mol. The second-order valence-corrected chi connectivity index (χ2v) is 3.83. The van der Waals surface area contributed by atoms with Crippen molar-refractivity contribution in [1.82, 2.24) is 9.78 Å². The Morgan fingerprint density at radius 3 is 2.22 bits per heavy atom. The predicted octanol–water partition coefficient (Wildman–Crippen LogP) is 2.68. The van der Waals surface area contributed by atoms with Gasteiger partial charge in [0.15, 0.2) is 0 Å². The molecule has 2 rings (SSSR count). The molecule has 1 heterocycles. The molecule has 1 aromatic heterocycles. The number of hydrogen-bond donors (Lipinski definition) is 0. The van der Waals surface area contributed by atoms with Crippen molar-refractivity contribution in [3.05, 3.63) is 30.6 Å². The largest absolute Gasteiger partial charge is 0.493 e. The molecule has 0 bridgehead atoms. The second kappa shape index (κ2) is 5.58. The van der Waals surface area contributed by atoms with Gasteiger partial charge < -0.3 is 9.47 Å². The number of aryl methyl sites for hydroxylation is 1. The van der Waals surface area contributed by atoms with Gasteiger partial charge in [0, 0.05) is 18.8 Å². The highest BCUT2D eigenvalue weighted by molar-refractivity contribution is 5.75. The average molecular weight is 245 g/mol. The molecule has 0 N–H and O–H groups in total. The summed E-state index contributed by atoms with van der Waals surface area (Å²) in [5.41, 5.74) is 1.92. The van der Waals surface area contributed by atoms with E-state index in [1.807, 2.05) is 39.2 Å². The van der Waals surface area contributed by atoms with E-state index in [1.165, 1.54) is 0 Å². The standard InChI is InChI=1S/C14H17N2O2/c1-4-17-12-7-6-8-13(18-5-2)14(12)11-9-15-16(3)10-11/h7-10H,4-5H2,1-3H3. The summed E-state index contributed by atoms with van der Waals surface area (Å²) in [6.07, 6.45) is 3.75. The van der Waals surface area contributed by atoms with E-state index in [2.05, 4.69) is 11.2 Å². The molecule has 1 aromatic carbocycles. The van der Waals surface area contributed by atoms with Crippen LogP contribution in [-0.2, 0) is 7.05 Å². The molecule has 0 aliphatic heterocycles.